The molecule has 2 aliphatic rings. The van der Waals surface area contributed by atoms with Crippen LogP contribution in [0, 0.1) is 5.92 Å². The highest BCUT2D eigenvalue weighted by Crippen LogP contribution is 2.41. The van der Waals surface area contributed by atoms with E-state index in [1.165, 1.54) is 45.3 Å². The second-order valence-corrected chi connectivity index (χ2v) is 5.58. The standard InChI is InChI=1S/C13H26N2/c1-4-6-12-9-14-13(3,11-7-8-11)10-15(12)5-2/h11-12,14H,4-10H2,1-3H3. The van der Waals surface area contributed by atoms with Gasteiger partial charge in [-0.25, -0.2) is 0 Å². The lowest BCUT2D eigenvalue weighted by molar-refractivity contribution is 0.0750. The minimum atomic E-state index is 0.417. The summed E-state index contributed by atoms with van der Waals surface area (Å²) in [5.41, 5.74) is 0.417. The molecule has 2 fully saturated rings. The molecule has 2 rings (SSSR count). The lowest BCUT2D eigenvalue weighted by Crippen LogP contribution is -2.63. The number of rotatable bonds is 4. The predicted molar refractivity (Wildman–Crippen MR) is 65.1 cm³/mol. The van der Waals surface area contributed by atoms with E-state index in [-0.39, 0.29) is 0 Å². The second kappa shape index (κ2) is 4.42. The number of nitrogens with zero attached hydrogens (tertiary/aromatic N) is 1. The van der Waals surface area contributed by atoms with Crippen LogP contribution in [-0.2, 0) is 0 Å². The lowest BCUT2D eigenvalue weighted by atomic mass is 9.90. The van der Waals surface area contributed by atoms with Gasteiger partial charge in [0.2, 0.25) is 0 Å². The minimum Gasteiger partial charge on any atom is -0.308 e. The Morgan fingerprint density at radius 3 is 2.60 bits per heavy atom. The molecule has 2 atom stereocenters. The fourth-order valence-electron chi connectivity index (χ4n) is 3.07. The molecule has 1 aliphatic heterocycles. The van der Waals surface area contributed by atoms with Crippen LogP contribution < -0.4 is 5.32 Å². The first-order valence-corrected chi connectivity index (χ1v) is 6.68. The van der Waals surface area contributed by atoms with Gasteiger partial charge in [-0.3, -0.25) is 4.90 Å². The van der Waals surface area contributed by atoms with E-state index in [2.05, 4.69) is 31.0 Å². The van der Waals surface area contributed by atoms with Gasteiger partial charge in [-0.1, -0.05) is 20.3 Å². The molecule has 2 nitrogen and oxygen atoms in total. The maximum absolute atomic E-state index is 3.81. The molecule has 0 aromatic carbocycles. The van der Waals surface area contributed by atoms with Crippen molar-refractivity contribution in [3.8, 4) is 0 Å². The molecule has 0 radical (unpaired) electrons. The molecule has 0 bridgehead atoms. The van der Waals surface area contributed by atoms with Crippen molar-refractivity contribution in [3.63, 3.8) is 0 Å². The Labute approximate surface area is 94.4 Å². The van der Waals surface area contributed by atoms with Crippen LogP contribution in [0.3, 0.4) is 0 Å². The van der Waals surface area contributed by atoms with Crippen molar-refractivity contribution in [2.24, 2.45) is 5.92 Å². The van der Waals surface area contributed by atoms with Crippen LogP contribution in [0.5, 0.6) is 0 Å². The van der Waals surface area contributed by atoms with Crippen LogP contribution in [-0.4, -0.2) is 36.1 Å². The maximum Gasteiger partial charge on any atom is 0.0309 e. The number of likely N-dealkylation sites (N-methyl/N-ethyl adjacent to an activating group) is 1. The van der Waals surface area contributed by atoms with Crippen LogP contribution in [0.1, 0.15) is 46.5 Å². The van der Waals surface area contributed by atoms with Gasteiger partial charge in [-0.2, -0.15) is 0 Å². The molecule has 2 unspecified atom stereocenters. The average molecular weight is 210 g/mol. The van der Waals surface area contributed by atoms with Gasteiger partial charge < -0.3 is 5.32 Å². The Bertz CT molecular complexity index is 213. The first-order valence-electron chi connectivity index (χ1n) is 6.68. The molecule has 1 aliphatic carbocycles. The third-order valence-electron chi connectivity index (χ3n) is 4.30. The zero-order chi connectivity index (χ0) is 10.9. The number of piperazine rings is 1. The first kappa shape index (κ1) is 11.4. The van der Waals surface area contributed by atoms with E-state index in [0.717, 1.165) is 12.0 Å². The highest BCUT2D eigenvalue weighted by molar-refractivity contribution is 5.03. The summed E-state index contributed by atoms with van der Waals surface area (Å²) in [5.74, 6) is 0.953. The fourth-order valence-corrected chi connectivity index (χ4v) is 3.07. The summed E-state index contributed by atoms with van der Waals surface area (Å²) in [6, 6.07) is 0.784. The molecule has 0 amide bonds. The normalized spacial score (nSPS) is 38.2. The largest absolute Gasteiger partial charge is 0.308 e. The maximum atomic E-state index is 3.81. The smallest absolute Gasteiger partial charge is 0.0309 e. The Morgan fingerprint density at radius 1 is 1.33 bits per heavy atom. The van der Waals surface area contributed by atoms with Crippen LogP contribution in [0.25, 0.3) is 0 Å². The molecular formula is C13H26N2. The Hall–Kier alpha value is -0.0800. The molecule has 15 heavy (non-hydrogen) atoms. The van der Waals surface area contributed by atoms with Gasteiger partial charge in [-0.05, 0) is 38.6 Å². The summed E-state index contributed by atoms with van der Waals surface area (Å²) >= 11 is 0. The van der Waals surface area contributed by atoms with Crippen molar-refractivity contribution in [1.29, 1.82) is 0 Å². The second-order valence-electron chi connectivity index (χ2n) is 5.58. The van der Waals surface area contributed by atoms with Gasteiger partial charge in [0.25, 0.3) is 0 Å². The monoisotopic (exact) mass is 210 g/mol. The van der Waals surface area contributed by atoms with E-state index in [1.54, 1.807) is 0 Å². The van der Waals surface area contributed by atoms with Crippen molar-refractivity contribution < 1.29 is 0 Å². The molecule has 1 saturated carbocycles. The highest BCUT2D eigenvalue weighted by atomic mass is 15.3. The van der Waals surface area contributed by atoms with Gasteiger partial charge in [0.15, 0.2) is 0 Å². The predicted octanol–water partition coefficient (Wildman–Crippen LogP) is 2.25. The average Bonchev–Trinajstić information content (AvgIpc) is 3.05. The van der Waals surface area contributed by atoms with Crippen molar-refractivity contribution in [3.05, 3.63) is 0 Å². The Kier molecular flexibility index (Phi) is 3.36. The van der Waals surface area contributed by atoms with Crippen LogP contribution in [0.4, 0.5) is 0 Å². The Morgan fingerprint density at radius 2 is 2.07 bits per heavy atom. The molecule has 88 valence electrons. The van der Waals surface area contributed by atoms with Gasteiger partial charge in [0.1, 0.15) is 0 Å². The SMILES string of the molecule is CCCC1CNC(C)(C2CC2)CN1CC. The quantitative estimate of drug-likeness (QED) is 0.765. The van der Waals surface area contributed by atoms with Crippen molar-refractivity contribution in [1.82, 2.24) is 10.2 Å². The van der Waals surface area contributed by atoms with E-state index in [9.17, 15) is 0 Å². The van der Waals surface area contributed by atoms with E-state index < -0.39 is 0 Å². The number of nitrogens with one attached hydrogen (secondary N) is 1. The van der Waals surface area contributed by atoms with E-state index in [0.29, 0.717) is 5.54 Å². The molecule has 2 heteroatoms. The van der Waals surface area contributed by atoms with Crippen LogP contribution in [0.2, 0.25) is 0 Å². The number of hydrogen-bond donors (Lipinski definition) is 1. The fraction of sp³-hybridized carbons (Fsp3) is 1.00. The molecule has 0 aromatic heterocycles. The zero-order valence-corrected chi connectivity index (χ0v) is 10.6. The van der Waals surface area contributed by atoms with Crippen LogP contribution >= 0.6 is 0 Å². The summed E-state index contributed by atoms with van der Waals surface area (Å²) in [6.07, 6.45) is 5.55. The summed E-state index contributed by atoms with van der Waals surface area (Å²) in [7, 11) is 0. The van der Waals surface area contributed by atoms with E-state index in [1.807, 2.05) is 0 Å². The summed E-state index contributed by atoms with van der Waals surface area (Å²) < 4.78 is 0. The summed E-state index contributed by atoms with van der Waals surface area (Å²) in [5, 5.41) is 3.81. The lowest BCUT2D eigenvalue weighted by Gasteiger charge is -2.46. The van der Waals surface area contributed by atoms with Gasteiger partial charge in [-0.15, -0.1) is 0 Å². The molecule has 1 N–H and O–H groups in total. The highest BCUT2D eigenvalue weighted by Gasteiger charge is 2.45. The number of hydrogen-bond acceptors (Lipinski definition) is 2. The van der Waals surface area contributed by atoms with E-state index >= 15 is 0 Å². The third kappa shape index (κ3) is 2.36. The van der Waals surface area contributed by atoms with Gasteiger partial charge >= 0.3 is 0 Å². The van der Waals surface area contributed by atoms with E-state index in [4.69, 9.17) is 0 Å². The third-order valence-corrected chi connectivity index (χ3v) is 4.30. The van der Waals surface area contributed by atoms with Crippen molar-refractivity contribution in [2.45, 2.75) is 58.0 Å². The Balaban J connectivity index is 1.95. The molecular weight excluding hydrogens is 184 g/mol. The van der Waals surface area contributed by atoms with Gasteiger partial charge in [0, 0.05) is 24.7 Å². The van der Waals surface area contributed by atoms with Crippen molar-refractivity contribution >= 4 is 0 Å². The topological polar surface area (TPSA) is 15.3 Å². The van der Waals surface area contributed by atoms with Crippen LogP contribution in [0.15, 0.2) is 0 Å². The zero-order valence-electron chi connectivity index (χ0n) is 10.6. The molecule has 1 saturated heterocycles. The van der Waals surface area contributed by atoms with Gasteiger partial charge in [0.05, 0.1) is 0 Å². The molecule has 0 aromatic rings. The summed E-state index contributed by atoms with van der Waals surface area (Å²) in [6.45, 7) is 10.7. The first-order chi connectivity index (χ1) is 7.19. The summed E-state index contributed by atoms with van der Waals surface area (Å²) in [4.78, 5) is 2.69. The minimum absolute atomic E-state index is 0.417. The molecule has 1 heterocycles. The molecule has 0 spiro atoms. The van der Waals surface area contributed by atoms with Crippen molar-refractivity contribution in [2.75, 3.05) is 19.6 Å².